The number of carbonyl (C=O) groups excluding carboxylic acids is 1. The lowest BCUT2D eigenvalue weighted by molar-refractivity contribution is 0.0946. The van der Waals surface area contributed by atoms with Gasteiger partial charge in [-0.25, -0.2) is 0 Å². The van der Waals surface area contributed by atoms with E-state index in [2.05, 4.69) is 41.1 Å². The molecule has 104 valence electrons. The lowest BCUT2D eigenvalue weighted by Gasteiger charge is -2.21. The van der Waals surface area contributed by atoms with Crippen molar-refractivity contribution in [3.05, 3.63) is 56.8 Å². The minimum Gasteiger partial charge on any atom is -0.352 e. The van der Waals surface area contributed by atoms with Gasteiger partial charge >= 0.3 is 0 Å². The van der Waals surface area contributed by atoms with Gasteiger partial charge in [0, 0.05) is 17.0 Å². The van der Waals surface area contributed by atoms with E-state index in [1.165, 1.54) is 10.4 Å². The van der Waals surface area contributed by atoms with Crippen molar-refractivity contribution in [3.63, 3.8) is 0 Å². The van der Waals surface area contributed by atoms with E-state index in [-0.39, 0.29) is 11.9 Å². The molecule has 1 aliphatic heterocycles. The van der Waals surface area contributed by atoms with Crippen molar-refractivity contribution in [3.8, 4) is 0 Å². The van der Waals surface area contributed by atoms with E-state index in [4.69, 9.17) is 0 Å². The van der Waals surface area contributed by atoms with Gasteiger partial charge in [-0.05, 0) is 54.6 Å². The standard InChI is InChI=1S/C16H18N2OS/c1-10-6-8-20-15(10)14(17-2)12-4-3-11-5-7-18-16(19)13(11)9-12/h3-4,6,8-9,14,17H,5,7H2,1-2H3,(H,18,19). The van der Waals surface area contributed by atoms with E-state index in [1.807, 2.05) is 13.1 Å². The summed E-state index contributed by atoms with van der Waals surface area (Å²) in [7, 11) is 1.96. The van der Waals surface area contributed by atoms with Crippen LogP contribution < -0.4 is 10.6 Å². The minimum atomic E-state index is 0.0471. The fraction of sp³-hybridized carbons (Fsp3) is 0.312. The lowest BCUT2D eigenvalue weighted by atomic mass is 9.94. The molecule has 4 heteroatoms. The smallest absolute Gasteiger partial charge is 0.251 e. The molecule has 0 bridgehead atoms. The average Bonchev–Trinajstić information content (AvgIpc) is 2.87. The van der Waals surface area contributed by atoms with E-state index in [0.29, 0.717) is 0 Å². The average molecular weight is 286 g/mol. The van der Waals surface area contributed by atoms with Gasteiger partial charge in [-0.15, -0.1) is 11.3 Å². The van der Waals surface area contributed by atoms with Crippen LogP contribution >= 0.6 is 11.3 Å². The van der Waals surface area contributed by atoms with Crippen LogP contribution in [0.3, 0.4) is 0 Å². The molecule has 1 unspecified atom stereocenters. The molecular formula is C16H18N2OS. The maximum absolute atomic E-state index is 12.0. The molecule has 0 saturated carbocycles. The first kappa shape index (κ1) is 13.3. The molecule has 2 aromatic rings. The maximum Gasteiger partial charge on any atom is 0.251 e. The molecule has 1 atom stereocenters. The van der Waals surface area contributed by atoms with Crippen LogP contribution in [0, 0.1) is 6.92 Å². The number of rotatable bonds is 3. The zero-order valence-corrected chi connectivity index (χ0v) is 12.5. The number of aryl methyl sites for hydroxylation is 1. The second-order valence-corrected chi connectivity index (χ2v) is 6.06. The van der Waals surface area contributed by atoms with Gasteiger partial charge in [0.05, 0.1) is 6.04 Å². The van der Waals surface area contributed by atoms with Crippen molar-refractivity contribution >= 4 is 17.2 Å². The van der Waals surface area contributed by atoms with Crippen LogP contribution in [0.25, 0.3) is 0 Å². The highest BCUT2D eigenvalue weighted by molar-refractivity contribution is 7.10. The summed E-state index contributed by atoms with van der Waals surface area (Å²) in [5, 5.41) is 8.38. The van der Waals surface area contributed by atoms with Crippen molar-refractivity contribution in [2.75, 3.05) is 13.6 Å². The summed E-state index contributed by atoms with van der Waals surface area (Å²) in [4.78, 5) is 13.3. The van der Waals surface area contributed by atoms with Crippen LogP contribution in [0.4, 0.5) is 0 Å². The third kappa shape index (κ3) is 2.25. The Labute approximate surface area is 123 Å². The monoisotopic (exact) mass is 286 g/mol. The second-order valence-electron chi connectivity index (χ2n) is 5.11. The molecule has 2 N–H and O–H groups in total. The minimum absolute atomic E-state index is 0.0471. The fourth-order valence-corrected chi connectivity index (χ4v) is 3.80. The molecule has 0 fully saturated rings. The second kappa shape index (κ2) is 5.38. The molecule has 3 rings (SSSR count). The van der Waals surface area contributed by atoms with Gasteiger partial charge in [0.15, 0.2) is 0 Å². The summed E-state index contributed by atoms with van der Waals surface area (Å²) in [6, 6.07) is 8.55. The molecule has 0 saturated heterocycles. The van der Waals surface area contributed by atoms with Crippen molar-refractivity contribution < 1.29 is 4.79 Å². The van der Waals surface area contributed by atoms with Crippen molar-refractivity contribution in [2.24, 2.45) is 0 Å². The lowest BCUT2D eigenvalue weighted by Crippen LogP contribution is -2.32. The zero-order valence-electron chi connectivity index (χ0n) is 11.7. The molecule has 2 heterocycles. The molecule has 3 nitrogen and oxygen atoms in total. The number of hydrogen-bond donors (Lipinski definition) is 2. The Bertz CT molecular complexity index is 648. The summed E-state index contributed by atoms with van der Waals surface area (Å²) in [6.07, 6.45) is 0.920. The van der Waals surface area contributed by atoms with Crippen LogP contribution in [0.1, 0.15) is 38.0 Å². The maximum atomic E-state index is 12.0. The molecule has 0 aliphatic carbocycles. The zero-order chi connectivity index (χ0) is 14.1. The molecule has 20 heavy (non-hydrogen) atoms. The van der Waals surface area contributed by atoms with Gasteiger partial charge in [-0.3, -0.25) is 4.79 Å². The number of thiophene rings is 1. The van der Waals surface area contributed by atoms with Crippen molar-refractivity contribution in [2.45, 2.75) is 19.4 Å². The van der Waals surface area contributed by atoms with Crippen LogP contribution in [0.2, 0.25) is 0 Å². The quantitative estimate of drug-likeness (QED) is 0.911. The van der Waals surface area contributed by atoms with E-state index in [9.17, 15) is 4.79 Å². The molecule has 1 amide bonds. The van der Waals surface area contributed by atoms with E-state index >= 15 is 0 Å². The number of fused-ring (bicyclic) bond motifs is 1. The topological polar surface area (TPSA) is 41.1 Å². The third-order valence-corrected chi connectivity index (χ3v) is 4.93. The third-order valence-electron chi connectivity index (χ3n) is 3.84. The first-order chi connectivity index (χ1) is 9.70. The van der Waals surface area contributed by atoms with E-state index in [1.54, 1.807) is 11.3 Å². The molecule has 1 aromatic heterocycles. The largest absolute Gasteiger partial charge is 0.352 e. The Morgan fingerprint density at radius 1 is 1.35 bits per heavy atom. The number of nitrogens with one attached hydrogen (secondary N) is 2. The highest BCUT2D eigenvalue weighted by Gasteiger charge is 2.21. The summed E-state index contributed by atoms with van der Waals surface area (Å²) >= 11 is 1.75. The van der Waals surface area contributed by atoms with Gasteiger partial charge in [-0.1, -0.05) is 12.1 Å². The fourth-order valence-electron chi connectivity index (χ4n) is 2.74. The predicted molar refractivity (Wildman–Crippen MR) is 82.4 cm³/mol. The number of benzene rings is 1. The van der Waals surface area contributed by atoms with Gasteiger partial charge in [0.2, 0.25) is 0 Å². The predicted octanol–water partition coefficient (Wildman–Crippen LogP) is 2.65. The first-order valence-electron chi connectivity index (χ1n) is 6.83. The molecule has 1 aromatic carbocycles. The van der Waals surface area contributed by atoms with Gasteiger partial charge < -0.3 is 10.6 Å². The van der Waals surface area contributed by atoms with E-state index in [0.717, 1.165) is 29.7 Å². The van der Waals surface area contributed by atoms with E-state index < -0.39 is 0 Å². The molecular weight excluding hydrogens is 268 g/mol. The van der Waals surface area contributed by atoms with Crippen LogP contribution in [-0.2, 0) is 6.42 Å². The summed E-state index contributed by atoms with van der Waals surface area (Å²) in [6.45, 7) is 2.87. The Morgan fingerprint density at radius 2 is 2.20 bits per heavy atom. The van der Waals surface area contributed by atoms with Crippen molar-refractivity contribution in [1.82, 2.24) is 10.6 Å². The highest BCUT2D eigenvalue weighted by Crippen LogP contribution is 2.30. The Kier molecular flexibility index (Phi) is 3.59. The number of hydrogen-bond acceptors (Lipinski definition) is 3. The Hall–Kier alpha value is -1.65. The Morgan fingerprint density at radius 3 is 2.90 bits per heavy atom. The summed E-state index contributed by atoms with van der Waals surface area (Å²) in [5.74, 6) is 0.0471. The first-order valence-corrected chi connectivity index (χ1v) is 7.71. The van der Waals surface area contributed by atoms with Crippen LogP contribution in [-0.4, -0.2) is 19.5 Å². The SMILES string of the molecule is CNC(c1ccc2c(c1)C(=O)NCC2)c1sccc1C. The number of carbonyl (C=O) groups is 1. The molecule has 1 aliphatic rings. The highest BCUT2D eigenvalue weighted by atomic mass is 32.1. The van der Waals surface area contributed by atoms with Gasteiger partial charge in [0.1, 0.15) is 0 Å². The summed E-state index contributed by atoms with van der Waals surface area (Å²) < 4.78 is 0. The van der Waals surface area contributed by atoms with Gasteiger partial charge in [0.25, 0.3) is 5.91 Å². The Balaban J connectivity index is 2.03. The van der Waals surface area contributed by atoms with Crippen LogP contribution in [0.5, 0.6) is 0 Å². The summed E-state index contributed by atoms with van der Waals surface area (Å²) in [5.41, 5.74) is 4.41. The van der Waals surface area contributed by atoms with Crippen LogP contribution in [0.15, 0.2) is 29.6 Å². The normalized spacial score (nSPS) is 15.6. The molecule has 0 radical (unpaired) electrons. The van der Waals surface area contributed by atoms with Gasteiger partial charge in [-0.2, -0.15) is 0 Å². The molecule has 0 spiro atoms. The number of amides is 1. The van der Waals surface area contributed by atoms with Crippen molar-refractivity contribution in [1.29, 1.82) is 0 Å².